The van der Waals surface area contributed by atoms with E-state index >= 15 is 0 Å². The molecule has 62 heavy (non-hydrogen) atoms. The van der Waals surface area contributed by atoms with E-state index in [2.05, 4.69) is 226 Å². The molecule has 1 saturated heterocycles. The summed E-state index contributed by atoms with van der Waals surface area (Å²) in [5.74, 6) is 0. The summed E-state index contributed by atoms with van der Waals surface area (Å²) in [6.45, 7) is 6.81. The first kappa shape index (κ1) is 39.1. The number of quaternary nitrogens is 1. The molecule has 1 aliphatic rings. The van der Waals surface area contributed by atoms with Crippen LogP contribution in [-0.2, 0) is 25.9 Å². The molecule has 11 rings (SSSR count). The minimum atomic E-state index is 0.150. The van der Waals surface area contributed by atoms with Crippen LogP contribution in [0.1, 0.15) is 33.9 Å². The summed E-state index contributed by atoms with van der Waals surface area (Å²) in [4.78, 5) is 9.93. The molecule has 0 spiro atoms. The number of nitrogens with one attached hydrogen (secondary N) is 2. The van der Waals surface area contributed by atoms with Crippen molar-refractivity contribution in [3.63, 3.8) is 0 Å². The summed E-state index contributed by atoms with van der Waals surface area (Å²) in [6.07, 6.45) is 11.1. The van der Waals surface area contributed by atoms with Gasteiger partial charge in [0.2, 0.25) is 0 Å². The van der Waals surface area contributed by atoms with Crippen LogP contribution in [0.25, 0.3) is 43.6 Å². The summed E-state index contributed by atoms with van der Waals surface area (Å²) in [5.41, 5.74) is 13.1. The molecule has 0 bridgehead atoms. The van der Waals surface area contributed by atoms with Crippen LogP contribution in [0.3, 0.4) is 0 Å². The van der Waals surface area contributed by atoms with E-state index < -0.39 is 0 Å². The molecule has 1 atom stereocenters. The number of piperazine rings is 1. The molecule has 4 aromatic heterocycles. The van der Waals surface area contributed by atoms with Gasteiger partial charge in [-0.3, -0.25) is 0 Å². The average molecular weight is 942 g/mol. The third-order valence-corrected chi connectivity index (χ3v) is 14.6. The van der Waals surface area contributed by atoms with Gasteiger partial charge in [-0.1, -0.05) is 111 Å². The second-order valence-electron chi connectivity index (χ2n) is 17.3. The van der Waals surface area contributed by atoms with Gasteiger partial charge in [0.1, 0.15) is 12.6 Å². The Kier molecular flexibility index (Phi) is 10.4. The Bertz CT molecular complexity index is 3090. The first-order valence-electron chi connectivity index (χ1n) is 21.8. The van der Waals surface area contributed by atoms with Gasteiger partial charge in [-0.25, -0.2) is 0 Å². The van der Waals surface area contributed by atoms with E-state index in [1.807, 2.05) is 0 Å². The van der Waals surface area contributed by atoms with Crippen LogP contribution in [0.4, 0.5) is 5.69 Å². The van der Waals surface area contributed by atoms with E-state index in [-0.39, 0.29) is 6.04 Å². The van der Waals surface area contributed by atoms with Crippen molar-refractivity contribution < 1.29 is 4.48 Å². The lowest BCUT2D eigenvalue weighted by molar-refractivity contribution is -0.931. The third kappa shape index (κ3) is 7.48. The van der Waals surface area contributed by atoms with Gasteiger partial charge in [0.25, 0.3) is 0 Å². The number of anilines is 1. The monoisotopic (exact) mass is 939 g/mol. The highest BCUT2D eigenvalue weighted by atomic mass is 79.9. The average Bonchev–Trinajstić information content (AvgIpc) is 4.11. The highest BCUT2D eigenvalue weighted by Crippen LogP contribution is 2.41. The van der Waals surface area contributed by atoms with Crippen molar-refractivity contribution >= 4 is 81.2 Å². The Morgan fingerprint density at radius 3 is 1.69 bits per heavy atom. The number of benzene rings is 6. The largest absolute Gasteiger partial charge is 0.361 e. The molecule has 1 unspecified atom stereocenters. The fourth-order valence-electron chi connectivity index (χ4n) is 10.4. The first-order chi connectivity index (χ1) is 30.5. The van der Waals surface area contributed by atoms with Gasteiger partial charge in [0.15, 0.2) is 0 Å². The lowest BCUT2D eigenvalue weighted by Gasteiger charge is -2.50. The molecule has 308 valence electrons. The van der Waals surface area contributed by atoms with Crippen LogP contribution in [0.5, 0.6) is 0 Å². The normalized spacial score (nSPS) is 15.4. The second kappa shape index (κ2) is 16.5. The molecular weight excluding hydrogens is 892 g/mol. The summed E-state index contributed by atoms with van der Waals surface area (Å²) in [7, 11) is 0. The molecule has 2 N–H and O–H groups in total. The zero-order valence-electron chi connectivity index (χ0n) is 34.7. The third-order valence-electron chi connectivity index (χ3n) is 13.6. The smallest absolute Gasteiger partial charge is 0.104 e. The predicted octanol–water partition coefficient (Wildman–Crippen LogP) is 13.0. The minimum absolute atomic E-state index is 0.150. The highest BCUT2D eigenvalue weighted by Gasteiger charge is 2.41. The molecule has 6 aromatic carbocycles. The van der Waals surface area contributed by atoms with E-state index in [1.165, 1.54) is 77.1 Å². The number of rotatable bonds is 12. The summed E-state index contributed by atoms with van der Waals surface area (Å²) < 4.78 is 8.10. The fourth-order valence-corrected chi connectivity index (χ4v) is 11.1. The molecule has 8 heteroatoms. The van der Waals surface area contributed by atoms with Gasteiger partial charge in [-0.05, 0) is 94.5 Å². The number of fused-ring (bicyclic) bond motifs is 4. The van der Waals surface area contributed by atoms with Crippen LogP contribution in [0.15, 0.2) is 179 Å². The van der Waals surface area contributed by atoms with E-state index in [1.54, 1.807) is 0 Å². The van der Waals surface area contributed by atoms with Crippen LogP contribution >= 0.6 is 31.9 Å². The number of halogens is 2. The van der Waals surface area contributed by atoms with Crippen LogP contribution in [0.2, 0.25) is 0 Å². The standard InChI is InChI=1S/C54H49Br2N6/c55-42-17-19-49-47(31-42)40(33-57-49)23-28-62(29-24-41-34-58-50-20-18-43(56)32-48(41)50)30-27-61(53-16-8-15-52-46(53)22-26-60(52)36-39-11-5-2-6-12-39)54(37-62)44-13-7-14-51-45(44)21-25-59(51)35-38-9-3-1-4-10-38/h1-22,25-26,31-34,54,57-58H,23-24,27-30,35-37H2/q+1. The van der Waals surface area contributed by atoms with Gasteiger partial charge in [0.05, 0.1) is 31.7 Å². The van der Waals surface area contributed by atoms with Gasteiger partial charge >= 0.3 is 0 Å². The summed E-state index contributed by atoms with van der Waals surface area (Å²) >= 11 is 7.53. The van der Waals surface area contributed by atoms with E-state index in [9.17, 15) is 0 Å². The lowest BCUT2D eigenvalue weighted by Crippen LogP contribution is -2.62. The van der Waals surface area contributed by atoms with Gasteiger partial charge in [-0.2, -0.15) is 0 Å². The Hall–Kier alpha value is -5.80. The van der Waals surface area contributed by atoms with Crippen molar-refractivity contribution in [2.24, 2.45) is 0 Å². The maximum absolute atomic E-state index is 3.77. The Morgan fingerprint density at radius 2 is 1.10 bits per heavy atom. The highest BCUT2D eigenvalue weighted by molar-refractivity contribution is 9.10. The van der Waals surface area contributed by atoms with Crippen molar-refractivity contribution in [1.29, 1.82) is 0 Å². The topological polar surface area (TPSA) is 44.7 Å². The Labute approximate surface area is 379 Å². The molecule has 0 amide bonds. The molecule has 5 heterocycles. The van der Waals surface area contributed by atoms with Crippen LogP contribution in [-0.4, -0.2) is 56.3 Å². The second-order valence-corrected chi connectivity index (χ2v) is 19.1. The van der Waals surface area contributed by atoms with Crippen LogP contribution in [0, 0.1) is 0 Å². The van der Waals surface area contributed by atoms with Crippen molar-refractivity contribution in [1.82, 2.24) is 19.1 Å². The molecule has 10 aromatic rings. The van der Waals surface area contributed by atoms with Gasteiger partial charge in [-0.15, -0.1) is 0 Å². The fraction of sp³-hybridized carbons (Fsp3) is 0.185. The van der Waals surface area contributed by atoms with Gasteiger partial charge < -0.3 is 28.5 Å². The molecule has 1 fully saturated rings. The first-order valence-corrected chi connectivity index (χ1v) is 23.4. The Balaban J connectivity index is 1.02. The number of hydrogen-bond acceptors (Lipinski definition) is 1. The molecule has 0 aliphatic carbocycles. The van der Waals surface area contributed by atoms with E-state index in [0.29, 0.717) is 0 Å². The quantitative estimate of drug-likeness (QED) is 0.118. The van der Waals surface area contributed by atoms with Crippen molar-refractivity contribution in [3.8, 4) is 0 Å². The molecular formula is C54H49Br2N6+. The Morgan fingerprint density at radius 1 is 0.548 bits per heavy atom. The maximum atomic E-state index is 3.77. The number of nitrogens with zero attached hydrogens (tertiary/aromatic N) is 4. The van der Waals surface area contributed by atoms with Crippen LogP contribution < -0.4 is 4.90 Å². The zero-order valence-corrected chi connectivity index (χ0v) is 37.8. The number of aromatic nitrogens is 4. The number of H-pyrrole nitrogens is 2. The predicted molar refractivity (Wildman–Crippen MR) is 264 cm³/mol. The molecule has 1 aliphatic heterocycles. The number of aromatic amines is 2. The zero-order chi connectivity index (χ0) is 41.6. The molecule has 0 radical (unpaired) electrons. The lowest BCUT2D eigenvalue weighted by atomic mass is 9.94. The maximum Gasteiger partial charge on any atom is 0.104 e. The minimum Gasteiger partial charge on any atom is -0.361 e. The van der Waals surface area contributed by atoms with Crippen molar-refractivity contribution in [2.75, 3.05) is 37.6 Å². The molecule has 6 nitrogen and oxygen atoms in total. The van der Waals surface area contributed by atoms with Gasteiger partial charge in [0, 0.05) is 103 Å². The SMILES string of the molecule is Brc1ccc2[nH]cc(CC[N+]3(CCc4c[nH]c5ccc(Br)cc45)CCN(c4cccc5c4ccn5Cc4ccccc4)C(c4cccc5c4ccn5Cc4ccccc4)C3)c2c1. The van der Waals surface area contributed by atoms with Crippen molar-refractivity contribution in [2.45, 2.75) is 32.0 Å². The van der Waals surface area contributed by atoms with Crippen molar-refractivity contribution in [3.05, 3.63) is 207 Å². The number of hydrogen-bond donors (Lipinski definition) is 2. The van der Waals surface area contributed by atoms with E-state index in [4.69, 9.17) is 0 Å². The summed E-state index contributed by atoms with van der Waals surface area (Å²) in [6, 6.07) is 53.7. The van der Waals surface area contributed by atoms with E-state index in [0.717, 1.165) is 72.1 Å². The summed E-state index contributed by atoms with van der Waals surface area (Å²) in [5, 5.41) is 5.28. The molecule has 0 saturated carbocycles.